The van der Waals surface area contributed by atoms with E-state index in [1.54, 1.807) is 30.3 Å². The van der Waals surface area contributed by atoms with Crippen molar-refractivity contribution >= 4 is 33.1 Å². The van der Waals surface area contributed by atoms with Gasteiger partial charge in [-0.1, -0.05) is 0 Å². The summed E-state index contributed by atoms with van der Waals surface area (Å²) in [4.78, 5) is 17.8. The van der Waals surface area contributed by atoms with Crippen molar-refractivity contribution in [3.8, 4) is 10.4 Å². The molecule has 2 atom stereocenters. The predicted octanol–water partition coefficient (Wildman–Crippen LogP) is 2.18. The first-order valence-electron chi connectivity index (χ1n) is 9.20. The highest BCUT2D eigenvalue weighted by Gasteiger charge is 2.41. The van der Waals surface area contributed by atoms with Crippen molar-refractivity contribution in [1.82, 2.24) is 23.8 Å². The average Bonchev–Trinajstić information content (AvgIpc) is 3.37. The van der Waals surface area contributed by atoms with Gasteiger partial charge < -0.3 is 5.32 Å². The molecule has 4 rings (SSSR count). The molecule has 1 saturated heterocycles. The van der Waals surface area contributed by atoms with E-state index in [0.29, 0.717) is 17.1 Å². The lowest BCUT2D eigenvalue weighted by Crippen LogP contribution is -2.55. The lowest BCUT2D eigenvalue weighted by Gasteiger charge is -2.35. The molecule has 1 aromatic carbocycles. The molecule has 0 unspecified atom stereocenters. The summed E-state index contributed by atoms with van der Waals surface area (Å²) in [5, 5.41) is 6.78. The van der Waals surface area contributed by atoms with E-state index in [1.165, 1.54) is 18.4 Å². The highest BCUT2D eigenvalue weighted by molar-refractivity contribution is 7.87. The number of likely N-dealkylation sites (N-methyl/N-ethyl adjacent to an activating group) is 1. The standard InChI is InChI=1S/C18H17F3N6O3S2/c1-26-8-9(6-23-26)15-7-22-18(31-15)13-5-14(27(2)32(29,30)25-13)17(28)24-10-3-11(19)16(21)12(20)4-10/h3-4,6-8,13-14,25H,5H2,1-2H3,(H,24,28)/t13-,14+/m1/s1. The quantitative estimate of drug-likeness (QED) is 0.550. The molecule has 9 nitrogen and oxygen atoms in total. The Morgan fingerprint density at radius 1 is 1.22 bits per heavy atom. The van der Waals surface area contributed by atoms with Crippen LogP contribution in [0.25, 0.3) is 10.4 Å². The monoisotopic (exact) mass is 486 g/mol. The molecule has 0 radical (unpaired) electrons. The van der Waals surface area contributed by atoms with Crippen molar-refractivity contribution in [3.63, 3.8) is 0 Å². The van der Waals surface area contributed by atoms with Crippen LogP contribution in [0.3, 0.4) is 0 Å². The Morgan fingerprint density at radius 3 is 2.53 bits per heavy atom. The number of nitrogens with zero attached hydrogens (tertiary/aromatic N) is 4. The van der Waals surface area contributed by atoms with E-state index < -0.39 is 45.7 Å². The van der Waals surface area contributed by atoms with E-state index in [4.69, 9.17) is 0 Å². The Hall–Kier alpha value is -2.81. The molecule has 3 aromatic rings. The number of halogens is 3. The Labute approximate surface area is 185 Å². The molecule has 2 aromatic heterocycles. The number of aromatic nitrogens is 3. The van der Waals surface area contributed by atoms with Crippen LogP contribution in [0.1, 0.15) is 17.5 Å². The van der Waals surface area contributed by atoms with Crippen LogP contribution in [-0.4, -0.2) is 46.5 Å². The van der Waals surface area contributed by atoms with Gasteiger partial charge in [0, 0.05) is 49.9 Å². The van der Waals surface area contributed by atoms with Crippen LogP contribution in [-0.2, 0) is 22.1 Å². The van der Waals surface area contributed by atoms with Crippen molar-refractivity contribution in [2.24, 2.45) is 7.05 Å². The number of carbonyl (C=O) groups is 1. The molecule has 14 heteroatoms. The van der Waals surface area contributed by atoms with Gasteiger partial charge in [-0.05, 0) is 6.42 Å². The summed E-state index contributed by atoms with van der Waals surface area (Å²) in [6, 6.07) is -0.772. The van der Waals surface area contributed by atoms with Gasteiger partial charge in [0.25, 0.3) is 10.2 Å². The van der Waals surface area contributed by atoms with Gasteiger partial charge in [0.05, 0.1) is 17.1 Å². The zero-order valence-corrected chi connectivity index (χ0v) is 18.3. The van der Waals surface area contributed by atoms with E-state index in [2.05, 4.69) is 20.1 Å². The first-order chi connectivity index (χ1) is 15.0. The maximum atomic E-state index is 13.5. The van der Waals surface area contributed by atoms with Crippen molar-refractivity contribution in [2.45, 2.75) is 18.5 Å². The molecule has 0 spiro atoms. The van der Waals surface area contributed by atoms with Gasteiger partial charge >= 0.3 is 0 Å². The zero-order chi connectivity index (χ0) is 23.2. The van der Waals surface area contributed by atoms with E-state index in [0.717, 1.165) is 14.7 Å². The van der Waals surface area contributed by atoms with Crippen LogP contribution in [0.5, 0.6) is 0 Å². The molecule has 170 valence electrons. The number of benzene rings is 1. The Balaban J connectivity index is 1.58. The van der Waals surface area contributed by atoms with E-state index in [9.17, 15) is 26.4 Å². The minimum atomic E-state index is -4.05. The predicted molar refractivity (Wildman–Crippen MR) is 110 cm³/mol. The second-order valence-corrected chi connectivity index (χ2v) is 9.98. The fraction of sp³-hybridized carbons (Fsp3) is 0.278. The van der Waals surface area contributed by atoms with Crippen LogP contribution in [0.2, 0.25) is 0 Å². The Morgan fingerprint density at radius 2 is 1.91 bits per heavy atom. The molecule has 0 bridgehead atoms. The number of hydrogen-bond donors (Lipinski definition) is 2. The van der Waals surface area contributed by atoms with Crippen LogP contribution in [0.15, 0.2) is 30.7 Å². The van der Waals surface area contributed by atoms with Crippen LogP contribution in [0, 0.1) is 17.5 Å². The molecule has 0 aliphatic carbocycles. The largest absolute Gasteiger partial charge is 0.324 e. The summed E-state index contributed by atoms with van der Waals surface area (Å²) < 4.78 is 70.2. The first kappa shape index (κ1) is 22.4. The third-order valence-electron chi connectivity index (χ3n) is 4.93. The fourth-order valence-corrected chi connectivity index (χ4v) is 5.54. The average molecular weight is 487 g/mol. The molecule has 0 saturated carbocycles. The van der Waals surface area contributed by atoms with Gasteiger partial charge in [-0.25, -0.2) is 18.2 Å². The molecule has 1 aliphatic rings. The number of anilines is 1. The van der Waals surface area contributed by atoms with Crippen molar-refractivity contribution < 1.29 is 26.4 Å². The summed E-state index contributed by atoms with van der Waals surface area (Å²) in [6.45, 7) is 0. The molecule has 2 N–H and O–H groups in total. The Bertz CT molecular complexity index is 1270. The van der Waals surface area contributed by atoms with E-state index in [-0.39, 0.29) is 12.1 Å². The van der Waals surface area contributed by atoms with Gasteiger partial charge in [0.1, 0.15) is 11.0 Å². The highest BCUT2D eigenvalue weighted by Crippen LogP contribution is 2.34. The summed E-state index contributed by atoms with van der Waals surface area (Å²) in [5.41, 5.74) is 0.474. The summed E-state index contributed by atoms with van der Waals surface area (Å²) in [7, 11) is -1.09. The number of aryl methyl sites for hydroxylation is 1. The first-order valence-corrected chi connectivity index (χ1v) is 11.5. The molecule has 1 fully saturated rings. The number of rotatable bonds is 4. The van der Waals surface area contributed by atoms with Gasteiger partial charge in [0.2, 0.25) is 5.91 Å². The molecule has 1 aliphatic heterocycles. The lowest BCUT2D eigenvalue weighted by molar-refractivity contribution is -0.120. The molecular formula is C18H17F3N6O3S2. The molecular weight excluding hydrogens is 469 g/mol. The number of hydrogen-bond acceptors (Lipinski definition) is 6. The van der Waals surface area contributed by atoms with Crippen LogP contribution < -0.4 is 10.0 Å². The lowest BCUT2D eigenvalue weighted by atomic mass is 10.1. The second-order valence-electron chi connectivity index (χ2n) is 7.15. The van der Waals surface area contributed by atoms with E-state index in [1.807, 2.05) is 0 Å². The fourth-order valence-electron chi connectivity index (χ4n) is 3.26. The zero-order valence-electron chi connectivity index (χ0n) is 16.7. The smallest absolute Gasteiger partial charge is 0.280 e. The third-order valence-corrected chi connectivity index (χ3v) is 7.69. The minimum absolute atomic E-state index is 0.00765. The Kier molecular flexibility index (Phi) is 5.79. The summed E-state index contributed by atoms with van der Waals surface area (Å²) in [6.07, 6.45) is 5.02. The van der Waals surface area contributed by atoms with Crippen LogP contribution >= 0.6 is 11.3 Å². The maximum Gasteiger partial charge on any atom is 0.280 e. The number of nitrogens with one attached hydrogen (secondary N) is 2. The third kappa shape index (κ3) is 4.26. The van der Waals surface area contributed by atoms with Crippen LogP contribution in [0.4, 0.5) is 18.9 Å². The normalized spacial score (nSPS) is 20.9. The van der Waals surface area contributed by atoms with Gasteiger partial charge in [-0.15, -0.1) is 11.3 Å². The minimum Gasteiger partial charge on any atom is -0.324 e. The topological polar surface area (TPSA) is 109 Å². The van der Waals surface area contributed by atoms with Gasteiger partial charge in [0.15, 0.2) is 17.5 Å². The maximum absolute atomic E-state index is 13.5. The van der Waals surface area contributed by atoms with Gasteiger partial charge in [-0.3, -0.25) is 9.48 Å². The SMILES string of the molecule is CN1[C@H](C(=O)Nc2cc(F)c(F)c(F)c2)C[C@H](c2ncc(-c3cnn(C)c3)s2)NS1(=O)=O. The number of thiazole rings is 1. The van der Waals surface area contributed by atoms with E-state index >= 15 is 0 Å². The number of carbonyl (C=O) groups excluding carboxylic acids is 1. The van der Waals surface area contributed by atoms with Crippen molar-refractivity contribution in [1.29, 1.82) is 0 Å². The van der Waals surface area contributed by atoms with Crippen molar-refractivity contribution in [3.05, 3.63) is 53.2 Å². The molecule has 32 heavy (non-hydrogen) atoms. The second kappa shape index (κ2) is 8.27. The molecule has 1 amide bonds. The molecule has 3 heterocycles. The summed E-state index contributed by atoms with van der Waals surface area (Å²) in [5.74, 6) is -5.44. The highest BCUT2D eigenvalue weighted by atomic mass is 32.2. The van der Waals surface area contributed by atoms with Crippen molar-refractivity contribution in [2.75, 3.05) is 12.4 Å². The number of amides is 1. The summed E-state index contributed by atoms with van der Waals surface area (Å²) >= 11 is 1.25. The van der Waals surface area contributed by atoms with Gasteiger partial charge in [-0.2, -0.15) is 22.5 Å².